The van der Waals surface area contributed by atoms with E-state index in [1.54, 1.807) is 13.2 Å². The first kappa shape index (κ1) is 53.0. The van der Waals surface area contributed by atoms with Crippen LogP contribution in [0, 0.1) is 13.8 Å². The van der Waals surface area contributed by atoms with Gasteiger partial charge in [-0.25, -0.2) is 0 Å². The molecule has 0 aromatic heterocycles. The van der Waals surface area contributed by atoms with Crippen LogP contribution < -0.4 is 29.2 Å². The van der Waals surface area contributed by atoms with Gasteiger partial charge in [0.15, 0.2) is 0 Å². The highest BCUT2D eigenvalue weighted by molar-refractivity contribution is 6.33. The Hall–Kier alpha value is -5.84. The lowest BCUT2D eigenvalue weighted by Crippen LogP contribution is -2.26. The normalized spacial score (nSPS) is 15.8. The van der Waals surface area contributed by atoms with E-state index >= 15 is 0 Å². The van der Waals surface area contributed by atoms with Crippen molar-refractivity contribution in [3.63, 3.8) is 0 Å². The molecule has 0 aliphatic carbocycles. The molecule has 7 nitrogen and oxygen atoms in total. The number of likely N-dealkylation sites (N-methyl/N-ethyl adjacent to an activating group) is 5. The molecule has 0 amide bonds. The van der Waals surface area contributed by atoms with Crippen molar-refractivity contribution in [2.75, 3.05) is 113 Å². The third-order valence-corrected chi connectivity index (χ3v) is 14.9. The zero-order valence-corrected chi connectivity index (χ0v) is 44.2. The Morgan fingerprint density at radius 2 is 1.07 bits per heavy atom. The smallest absolute Gasteiger partial charge is 0.416 e. The van der Waals surface area contributed by atoms with Crippen molar-refractivity contribution in [2.45, 2.75) is 71.5 Å². The number of ether oxygens (including phenoxy) is 1. The van der Waals surface area contributed by atoms with Crippen molar-refractivity contribution < 1.29 is 17.9 Å². The maximum atomic E-state index is 12.4. The Morgan fingerprint density at radius 3 is 1.76 bits per heavy atom. The lowest BCUT2D eigenvalue weighted by Gasteiger charge is -2.28. The van der Waals surface area contributed by atoms with Gasteiger partial charge < -0.3 is 34.1 Å². The number of benzene rings is 6. The van der Waals surface area contributed by atoms with Gasteiger partial charge in [-0.2, -0.15) is 13.2 Å². The highest BCUT2D eigenvalue weighted by Crippen LogP contribution is 2.37. The number of alkyl halides is 3. The Kier molecular flexibility index (Phi) is 17.9. The first-order chi connectivity index (χ1) is 34.0. The summed E-state index contributed by atoms with van der Waals surface area (Å²) in [7, 11) is 14.2. The fourth-order valence-electron chi connectivity index (χ4n) is 10.4. The molecule has 0 unspecified atom stereocenters. The monoisotopic (exact) mass is 987 g/mol. The van der Waals surface area contributed by atoms with E-state index in [4.69, 9.17) is 16.3 Å². The van der Waals surface area contributed by atoms with Gasteiger partial charge in [-0.1, -0.05) is 90.0 Å². The Bertz CT molecular complexity index is 2720. The van der Waals surface area contributed by atoms with Crippen molar-refractivity contribution in [2.24, 2.45) is 0 Å². The molecule has 0 radical (unpaired) electrons. The largest absolute Gasteiger partial charge is 0.496 e. The van der Waals surface area contributed by atoms with Gasteiger partial charge >= 0.3 is 6.18 Å². The topological polar surface area (TPSA) is 28.7 Å². The number of rotatable bonds is 1. The van der Waals surface area contributed by atoms with Crippen molar-refractivity contribution in [1.82, 2.24) is 4.90 Å². The van der Waals surface area contributed by atoms with Crippen LogP contribution in [0.5, 0.6) is 5.75 Å². The molecule has 6 heterocycles. The van der Waals surface area contributed by atoms with Crippen LogP contribution in [0.2, 0.25) is 5.02 Å². The highest BCUT2D eigenvalue weighted by atomic mass is 35.5. The van der Waals surface area contributed by atoms with Gasteiger partial charge in [-0.15, -0.1) is 0 Å². The summed E-state index contributed by atoms with van der Waals surface area (Å²) in [6.07, 6.45) is 3.76. The summed E-state index contributed by atoms with van der Waals surface area (Å²) in [4.78, 5) is 13.4. The zero-order chi connectivity index (χ0) is 50.8. The van der Waals surface area contributed by atoms with Crippen LogP contribution in [0.3, 0.4) is 0 Å². The molecule has 12 rings (SSSR count). The van der Waals surface area contributed by atoms with Crippen LogP contribution in [-0.4, -0.2) is 93.6 Å². The first-order valence-electron chi connectivity index (χ1n) is 25.1. The fourth-order valence-corrected chi connectivity index (χ4v) is 10.7. The molecule has 71 heavy (non-hydrogen) atoms. The lowest BCUT2D eigenvalue weighted by molar-refractivity contribution is -0.137. The molecule has 378 valence electrons. The number of hydrogen-bond acceptors (Lipinski definition) is 7. The summed E-state index contributed by atoms with van der Waals surface area (Å²) in [6, 6.07) is 38.2. The van der Waals surface area contributed by atoms with Crippen molar-refractivity contribution in [3.05, 3.63) is 176 Å². The second kappa shape index (κ2) is 24.1. The van der Waals surface area contributed by atoms with Gasteiger partial charge in [-0.3, -0.25) is 0 Å². The predicted octanol–water partition coefficient (Wildman–Crippen LogP) is 12.8. The van der Waals surface area contributed by atoms with E-state index < -0.39 is 11.7 Å². The summed E-state index contributed by atoms with van der Waals surface area (Å²) >= 11 is 6.10. The molecule has 0 N–H and O–H groups in total. The molecule has 6 aromatic carbocycles. The minimum atomic E-state index is -4.24. The molecule has 0 bridgehead atoms. The van der Waals surface area contributed by atoms with E-state index in [0.29, 0.717) is 5.69 Å². The van der Waals surface area contributed by atoms with E-state index in [0.717, 1.165) is 61.4 Å². The SMILES string of the molecule is CN1CCCc2cccc(Cl)c21.CN1CCc2ccc(C(F)(F)F)cc21.CN1CCc2ccccc2C1.COc1cccc2c1CCN2C.Cc1ccc2c(c1)CCN2C.Cc1cccc2c1CCN2C. The minimum absolute atomic E-state index is 0.565. The van der Waals surface area contributed by atoms with Gasteiger partial charge in [0, 0.05) is 109 Å². The van der Waals surface area contributed by atoms with Gasteiger partial charge in [0.2, 0.25) is 0 Å². The molecular weight excluding hydrogens is 913 g/mol. The molecule has 6 aromatic rings. The highest BCUT2D eigenvalue weighted by Gasteiger charge is 2.32. The van der Waals surface area contributed by atoms with Crippen molar-refractivity contribution in [3.8, 4) is 5.75 Å². The zero-order valence-electron chi connectivity index (χ0n) is 43.5. The molecule has 6 aliphatic rings. The summed E-state index contributed by atoms with van der Waals surface area (Å²) in [5, 5.41) is 0.884. The number of fused-ring (bicyclic) bond motifs is 6. The quantitative estimate of drug-likeness (QED) is 0.162. The summed E-state index contributed by atoms with van der Waals surface area (Å²) in [5.74, 6) is 1.02. The number of methoxy groups -OCH3 is 1. The maximum absolute atomic E-state index is 12.4. The summed E-state index contributed by atoms with van der Waals surface area (Å²) in [6.45, 7) is 12.1. The minimum Gasteiger partial charge on any atom is -0.496 e. The van der Waals surface area contributed by atoms with Crippen LogP contribution in [0.4, 0.5) is 41.6 Å². The number of halogens is 4. The number of para-hydroxylation sites is 1. The lowest BCUT2D eigenvalue weighted by atomic mass is 10.0. The van der Waals surface area contributed by atoms with Crippen molar-refractivity contribution in [1.29, 1.82) is 0 Å². The second-order valence-corrected chi connectivity index (χ2v) is 20.1. The van der Waals surface area contributed by atoms with Crippen LogP contribution >= 0.6 is 11.6 Å². The molecule has 11 heteroatoms. The summed E-state index contributed by atoms with van der Waals surface area (Å²) in [5.41, 5.74) is 18.1. The first-order valence-corrected chi connectivity index (χ1v) is 25.5. The Labute approximate surface area is 427 Å². The maximum Gasteiger partial charge on any atom is 0.416 e. The number of anilines is 5. The van der Waals surface area contributed by atoms with E-state index in [-0.39, 0.29) is 0 Å². The molecule has 0 saturated carbocycles. The van der Waals surface area contributed by atoms with E-state index in [2.05, 4.69) is 146 Å². The molecule has 0 atom stereocenters. The average molecular weight is 988 g/mol. The predicted molar refractivity (Wildman–Crippen MR) is 294 cm³/mol. The van der Waals surface area contributed by atoms with E-state index in [1.807, 2.05) is 36.2 Å². The summed E-state index contributed by atoms with van der Waals surface area (Å²) < 4.78 is 42.4. The van der Waals surface area contributed by atoms with Crippen LogP contribution in [0.1, 0.15) is 62.1 Å². The van der Waals surface area contributed by atoms with E-state index in [9.17, 15) is 13.2 Å². The number of aryl methyl sites for hydroxylation is 3. The molecule has 0 fully saturated rings. The van der Waals surface area contributed by atoms with Gasteiger partial charge in [0.1, 0.15) is 5.75 Å². The molecule has 6 aliphatic heterocycles. The molecular formula is C60H74ClF3N6O. The fraction of sp³-hybridized carbons (Fsp3) is 0.400. The third kappa shape index (κ3) is 13.4. The third-order valence-electron chi connectivity index (χ3n) is 14.5. The van der Waals surface area contributed by atoms with Gasteiger partial charge in [-0.05, 0) is 147 Å². The second-order valence-electron chi connectivity index (χ2n) is 19.7. The molecule has 0 saturated heterocycles. The number of nitrogens with zero attached hydrogens (tertiary/aromatic N) is 6. The van der Waals surface area contributed by atoms with Crippen molar-refractivity contribution >= 4 is 40.0 Å². The van der Waals surface area contributed by atoms with Gasteiger partial charge in [0.25, 0.3) is 0 Å². The Morgan fingerprint density at radius 1 is 0.479 bits per heavy atom. The van der Waals surface area contributed by atoms with E-state index in [1.165, 1.54) is 125 Å². The molecule has 0 spiro atoms. The van der Waals surface area contributed by atoms with Crippen LogP contribution in [0.15, 0.2) is 115 Å². The number of hydrogen-bond donors (Lipinski definition) is 0. The average Bonchev–Trinajstić information content (AvgIpc) is 4.15. The van der Waals surface area contributed by atoms with Gasteiger partial charge in [0.05, 0.1) is 23.4 Å². The van der Waals surface area contributed by atoms with Crippen LogP contribution in [-0.2, 0) is 51.2 Å². The Balaban J connectivity index is 0.000000125. The van der Waals surface area contributed by atoms with Crippen LogP contribution in [0.25, 0.3) is 0 Å². The standard InChI is InChI=1S/C10H12ClN.C10H10F3N.C10H13NO.3C10H13N/c1-12-7-3-5-8-4-2-6-9(11)10(8)12;1-14-5-4-7-2-3-8(6-9(7)14)10(11,12)13;1-11-7-6-8-9(11)4-3-5-10(8)12-2;1-8-3-4-10-9(7-8)5-6-11(10)2;1-8-4-3-5-10-9(8)6-7-11(10)2;1-11-7-6-9-4-2-3-5-10(9)8-11/h2,4,6H,3,5,7H2,1H3;2-3,6H,4-5H2,1H3;3-5H,6-7H2,1-2H3;3-4,7H,5-6H2,1-2H3;3-5H,6-7H2,1-2H3;2-5H,6-8H2,1H3.